The average molecular weight is 330 g/mol. The number of hydrogen-bond acceptors (Lipinski definition) is 4. The number of rotatable bonds is 12. The quantitative estimate of drug-likeness (QED) is 0.587. The van der Waals surface area contributed by atoms with Crippen LogP contribution in [-0.2, 0) is 11.3 Å². The number of ether oxygens (including phenoxy) is 3. The van der Waals surface area contributed by atoms with Crippen molar-refractivity contribution in [3.8, 4) is 11.5 Å². The Balaban J connectivity index is 2.60. The van der Waals surface area contributed by atoms with Gasteiger partial charge < -0.3 is 19.5 Å². The second-order valence-electron chi connectivity index (χ2n) is 4.91. The van der Waals surface area contributed by atoms with Gasteiger partial charge in [0.05, 0.1) is 18.2 Å². The first-order valence-electron chi connectivity index (χ1n) is 8.09. The lowest BCUT2D eigenvalue weighted by atomic mass is 10.2. The number of halogens is 1. The second kappa shape index (κ2) is 11.6. The summed E-state index contributed by atoms with van der Waals surface area (Å²) in [7, 11) is 0. The smallest absolute Gasteiger partial charge is 0.179 e. The number of nitrogens with one attached hydrogen (secondary N) is 1. The van der Waals surface area contributed by atoms with Gasteiger partial charge in [-0.05, 0) is 50.9 Å². The minimum atomic E-state index is 0.587. The van der Waals surface area contributed by atoms with Crippen LogP contribution in [0.5, 0.6) is 11.5 Å². The van der Waals surface area contributed by atoms with Crippen LogP contribution in [0.25, 0.3) is 0 Å². The molecule has 0 aliphatic heterocycles. The first-order chi connectivity index (χ1) is 10.7. The summed E-state index contributed by atoms with van der Waals surface area (Å²) in [4.78, 5) is 0. The number of benzene rings is 1. The Morgan fingerprint density at radius 1 is 1.05 bits per heavy atom. The molecule has 4 nitrogen and oxygen atoms in total. The molecule has 126 valence electrons. The van der Waals surface area contributed by atoms with Gasteiger partial charge in [-0.25, -0.2) is 0 Å². The molecule has 0 bridgehead atoms. The Morgan fingerprint density at radius 3 is 2.55 bits per heavy atom. The third kappa shape index (κ3) is 6.86. The van der Waals surface area contributed by atoms with Gasteiger partial charge in [0.25, 0.3) is 0 Å². The molecular weight excluding hydrogens is 302 g/mol. The van der Waals surface area contributed by atoms with E-state index in [9.17, 15) is 0 Å². The average Bonchev–Trinajstić information content (AvgIpc) is 2.50. The monoisotopic (exact) mass is 329 g/mol. The fraction of sp³-hybridized carbons (Fsp3) is 0.647. The van der Waals surface area contributed by atoms with Crippen LogP contribution >= 0.6 is 11.6 Å². The Hall–Kier alpha value is -0.970. The summed E-state index contributed by atoms with van der Waals surface area (Å²) in [5.41, 5.74) is 1.09. The van der Waals surface area contributed by atoms with E-state index < -0.39 is 0 Å². The van der Waals surface area contributed by atoms with Crippen molar-refractivity contribution in [2.75, 3.05) is 33.0 Å². The van der Waals surface area contributed by atoms with Crippen LogP contribution < -0.4 is 14.8 Å². The van der Waals surface area contributed by atoms with Crippen molar-refractivity contribution in [3.05, 3.63) is 22.7 Å². The first-order valence-corrected chi connectivity index (χ1v) is 8.47. The van der Waals surface area contributed by atoms with Crippen LogP contribution in [0.1, 0.15) is 39.2 Å². The van der Waals surface area contributed by atoms with Crippen LogP contribution in [0.2, 0.25) is 5.02 Å². The lowest BCUT2D eigenvalue weighted by molar-refractivity contribution is 0.144. The van der Waals surface area contributed by atoms with Crippen LogP contribution in [0.3, 0.4) is 0 Å². The minimum absolute atomic E-state index is 0.587. The maximum atomic E-state index is 6.33. The zero-order valence-electron chi connectivity index (χ0n) is 13.9. The molecule has 0 fully saturated rings. The van der Waals surface area contributed by atoms with E-state index in [4.69, 9.17) is 25.8 Å². The molecule has 0 radical (unpaired) electrons. The predicted octanol–water partition coefficient (Wildman–Crippen LogP) is 4.04. The van der Waals surface area contributed by atoms with Crippen molar-refractivity contribution in [2.24, 2.45) is 0 Å². The molecular formula is C17H28ClNO3. The van der Waals surface area contributed by atoms with Gasteiger partial charge in [-0.3, -0.25) is 0 Å². The Bertz CT molecular complexity index is 427. The van der Waals surface area contributed by atoms with E-state index in [1.807, 2.05) is 26.0 Å². The highest BCUT2D eigenvalue weighted by molar-refractivity contribution is 6.32. The summed E-state index contributed by atoms with van der Waals surface area (Å²) in [6, 6.07) is 3.93. The summed E-state index contributed by atoms with van der Waals surface area (Å²) in [6.45, 7) is 10.5. The molecule has 1 aromatic rings. The molecule has 0 aromatic heterocycles. The Kier molecular flexibility index (Phi) is 10.0. The maximum absolute atomic E-state index is 6.33. The van der Waals surface area contributed by atoms with Gasteiger partial charge in [-0.2, -0.15) is 0 Å². The van der Waals surface area contributed by atoms with Gasteiger partial charge in [-0.15, -0.1) is 0 Å². The van der Waals surface area contributed by atoms with E-state index >= 15 is 0 Å². The maximum Gasteiger partial charge on any atom is 0.179 e. The molecule has 0 aliphatic rings. The minimum Gasteiger partial charge on any atom is -0.490 e. The molecule has 0 amide bonds. The summed E-state index contributed by atoms with van der Waals surface area (Å²) in [5.74, 6) is 1.36. The largest absolute Gasteiger partial charge is 0.490 e. The van der Waals surface area contributed by atoms with E-state index in [0.717, 1.165) is 50.5 Å². The predicted molar refractivity (Wildman–Crippen MR) is 91.2 cm³/mol. The standard InChI is InChI=1S/C17H28ClNO3/c1-4-9-22-17-15(18)11-14(12-16(17)21-6-3)13-19-8-7-10-20-5-2/h11-12,19H,4-10,13H2,1-3H3. The topological polar surface area (TPSA) is 39.7 Å². The van der Waals surface area contributed by atoms with E-state index in [2.05, 4.69) is 12.2 Å². The van der Waals surface area contributed by atoms with E-state index in [1.54, 1.807) is 0 Å². The van der Waals surface area contributed by atoms with Gasteiger partial charge in [0, 0.05) is 19.8 Å². The summed E-state index contributed by atoms with van der Waals surface area (Å²) in [6.07, 6.45) is 1.93. The van der Waals surface area contributed by atoms with Gasteiger partial charge in [-0.1, -0.05) is 18.5 Å². The zero-order valence-corrected chi connectivity index (χ0v) is 14.7. The van der Waals surface area contributed by atoms with Crippen LogP contribution in [-0.4, -0.2) is 33.0 Å². The summed E-state index contributed by atoms with van der Waals surface area (Å²) >= 11 is 6.33. The normalized spacial score (nSPS) is 10.7. The second-order valence-corrected chi connectivity index (χ2v) is 5.32. The Morgan fingerprint density at radius 2 is 1.86 bits per heavy atom. The summed E-state index contributed by atoms with van der Waals surface area (Å²) < 4.78 is 16.7. The third-order valence-electron chi connectivity index (χ3n) is 3.00. The van der Waals surface area contributed by atoms with E-state index in [0.29, 0.717) is 24.0 Å². The molecule has 0 aliphatic carbocycles. The lowest BCUT2D eigenvalue weighted by Crippen LogP contribution is -2.16. The zero-order chi connectivity index (χ0) is 16.2. The van der Waals surface area contributed by atoms with Crippen molar-refractivity contribution in [3.63, 3.8) is 0 Å². The van der Waals surface area contributed by atoms with Crippen LogP contribution in [0.15, 0.2) is 12.1 Å². The molecule has 0 atom stereocenters. The van der Waals surface area contributed by atoms with Crippen molar-refractivity contribution in [2.45, 2.75) is 40.2 Å². The molecule has 0 unspecified atom stereocenters. The van der Waals surface area contributed by atoms with Crippen molar-refractivity contribution < 1.29 is 14.2 Å². The fourth-order valence-electron chi connectivity index (χ4n) is 2.01. The van der Waals surface area contributed by atoms with Gasteiger partial charge in [0.2, 0.25) is 0 Å². The highest BCUT2D eigenvalue weighted by Gasteiger charge is 2.12. The number of hydrogen-bond donors (Lipinski definition) is 1. The van der Waals surface area contributed by atoms with Crippen LogP contribution in [0, 0.1) is 0 Å². The molecule has 0 saturated carbocycles. The molecule has 1 N–H and O–H groups in total. The Labute approximate surface area is 139 Å². The van der Waals surface area contributed by atoms with Gasteiger partial charge >= 0.3 is 0 Å². The molecule has 0 saturated heterocycles. The lowest BCUT2D eigenvalue weighted by Gasteiger charge is -2.15. The highest BCUT2D eigenvalue weighted by Crippen LogP contribution is 2.36. The molecule has 1 rings (SSSR count). The van der Waals surface area contributed by atoms with Gasteiger partial charge in [0.1, 0.15) is 0 Å². The SMILES string of the molecule is CCCOc1c(Cl)cc(CNCCCOCC)cc1OCC. The van der Waals surface area contributed by atoms with Crippen molar-refractivity contribution in [1.29, 1.82) is 0 Å². The van der Waals surface area contributed by atoms with Crippen molar-refractivity contribution >= 4 is 11.6 Å². The molecule has 22 heavy (non-hydrogen) atoms. The molecule has 0 heterocycles. The molecule has 5 heteroatoms. The highest BCUT2D eigenvalue weighted by atomic mass is 35.5. The van der Waals surface area contributed by atoms with Crippen molar-refractivity contribution in [1.82, 2.24) is 5.32 Å². The third-order valence-corrected chi connectivity index (χ3v) is 3.28. The van der Waals surface area contributed by atoms with Crippen LogP contribution in [0.4, 0.5) is 0 Å². The fourth-order valence-corrected chi connectivity index (χ4v) is 2.29. The van der Waals surface area contributed by atoms with E-state index in [1.165, 1.54) is 0 Å². The summed E-state index contributed by atoms with van der Waals surface area (Å²) in [5, 5.41) is 3.99. The van der Waals surface area contributed by atoms with Gasteiger partial charge in [0.15, 0.2) is 11.5 Å². The van der Waals surface area contributed by atoms with E-state index in [-0.39, 0.29) is 0 Å². The first kappa shape index (κ1) is 19.1. The molecule has 0 spiro atoms. The molecule has 1 aromatic carbocycles.